The molecule has 0 aromatic heterocycles. The van der Waals surface area contributed by atoms with Crippen LogP contribution in [-0.4, -0.2) is 45.3 Å². The van der Waals surface area contributed by atoms with Gasteiger partial charge in [-0.25, -0.2) is 17.9 Å². The quantitative estimate of drug-likeness (QED) is 0.542. The van der Waals surface area contributed by atoms with Crippen LogP contribution in [0.5, 0.6) is 0 Å². The zero-order chi connectivity index (χ0) is 20.0. The average molecular weight is 409 g/mol. The molecular formula is C20H28N2O5S. The molecule has 1 fully saturated rings. The van der Waals surface area contributed by atoms with Gasteiger partial charge >= 0.3 is 5.97 Å². The van der Waals surface area contributed by atoms with Crippen molar-refractivity contribution in [2.75, 3.05) is 25.0 Å². The Balaban J connectivity index is 1.65. The second kappa shape index (κ2) is 9.54. The maximum atomic E-state index is 12.5. The van der Waals surface area contributed by atoms with Crippen molar-refractivity contribution in [3.8, 4) is 0 Å². The molecule has 8 heteroatoms. The van der Waals surface area contributed by atoms with Gasteiger partial charge in [0, 0.05) is 25.4 Å². The highest BCUT2D eigenvalue weighted by Crippen LogP contribution is 2.23. The van der Waals surface area contributed by atoms with Gasteiger partial charge in [0.15, 0.2) is 0 Å². The molecular weight excluding hydrogens is 380 g/mol. The molecule has 0 unspecified atom stereocenters. The normalized spacial score (nSPS) is 20.0. The Bertz CT molecular complexity index is 829. The number of hydrogen-bond acceptors (Lipinski definition) is 5. The predicted octanol–water partition coefficient (Wildman–Crippen LogP) is 3.14. The van der Waals surface area contributed by atoms with Gasteiger partial charge in [0.2, 0.25) is 10.0 Å². The van der Waals surface area contributed by atoms with Gasteiger partial charge < -0.3 is 15.2 Å². The number of carboxylic acids is 1. The van der Waals surface area contributed by atoms with Crippen LogP contribution in [0, 0.1) is 0 Å². The summed E-state index contributed by atoms with van der Waals surface area (Å²) in [7, 11) is -3.79. The summed E-state index contributed by atoms with van der Waals surface area (Å²) in [5.41, 5.74) is 1.78. The molecule has 1 aliphatic carbocycles. The number of hydrogen-bond donors (Lipinski definition) is 3. The molecule has 1 aromatic rings. The fourth-order valence-corrected chi connectivity index (χ4v) is 4.69. The van der Waals surface area contributed by atoms with Gasteiger partial charge in [0.25, 0.3) is 0 Å². The third-order valence-corrected chi connectivity index (χ3v) is 6.62. The molecule has 154 valence electrons. The number of anilines is 1. The molecule has 3 rings (SSSR count). The van der Waals surface area contributed by atoms with E-state index in [-0.39, 0.29) is 23.1 Å². The van der Waals surface area contributed by atoms with E-state index in [1.807, 2.05) is 0 Å². The zero-order valence-corrected chi connectivity index (χ0v) is 16.8. The molecule has 0 radical (unpaired) electrons. The average Bonchev–Trinajstić information content (AvgIpc) is 3.21. The molecule has 7 nitrogen and oxygen atoms in total. The second-order valence-corrected chi connectivity index (χ2v) is 9.05. The smallest absolute Gasteiger partial charge is 0.337 e. The largest absolute Gasteiger partial charge is 0.478 e. The summed E-state index contributed by atoms with van der Waals surface area (Å²) in [6, 6.07) is 4.17. The SMILES string of the molecule is O=C(O)c1cc(S(=O)(=O)NC[C@H]2CCCO2)ccc1NCCC1=CCCCC1. The Morgan fingerprint density at radius 2 is 2.11 bits per heavy atom. The fraction of sp³-hybridized carbons (Fsp3) is 0.550. The standard InChI is InChI=1S/C20H28N2O5S/c23-20(24)18-13-17(28(25,26)22-14-16-7-4-12-27-16)8-9-19(18)21-11-10-15-5-2-1-3-6-15/h5,8-9,13,16,21-22H,1-4,6-7,10-12,14H2,(H,23,24)/t16-/m1/s1. The van der Waals surface area contributed by atoms with Crippen molar-refractivity contribution < 1.29 is 23.1 Å². The summed E-state index contributed by atoms with van der Waals surface area (Å²) in [5.74, 6) is -1.16. The summed E-state index contributed by atoms with van der Waals surface area (Å²) < 4.78 is 33.0. The topological polar surface area (TPSA) is 105 Å². The summed E-state index contributed by atoms with van der Waals surface area (Å²) >= 11 is 0. The summed E-state index contributed by atoms with van der Waals surface area (Å²) in [6.07, 6.45) is 9.40. The third-order valence-electron chi connectivity index (χ3n) is 5.20. The van der Waals surface area contributed by atoms with Gasteiger partial charge in [-0.3, -0.25) is 0 Å². The van der Waals surface area contributed by atoms with Crippen molar-refractivity contribution in [3.05, 3.63) is 35.4 Å². The van der Waals surface area contributed by atoms with Gasteiger partial charge in [0.05, 0.1) is 16.6 Å². The van der Waals surface area contributed by atoms with Crippen LogP contribution in [0.25, 0.3) is 0 Å². The van der Waals surface area contributed by atoms with Crippen molar-refractivity contribution in [2.24, 2.45) is 0 Å². The van der Waals surface area contributed by atoms with Crippen LogP contribution in [0.3, 0.4) is 0 Å². The van der Waals surface area contributed by atoms with Gasteiger partial charge in [-0.05, 0) is 63.1 Å². The monoisotopic (exact) mass is 408 g/mol. The van der Waals surface area contributed by atoms with Gasteiger partial charge in [-0.2, -0.15) is 0 Å². The van der Waals surface area contributed by atoms with Crippen molar-refractivity contribution in [1.82, 2.24) is 4.72 Å². The van der Waals surface area contributed by atoms with Crippen LogP contribution >= 0.6 is 0 Å². The van der Waals surface area contributed by atoms with E-state index in [2.05, 4.69) is 16.1 Å². The molecule has 1 aromatic carbocycles. The van der Waals surface area contributed by atoms with Crippen LogP contribution in [0.1, 0.15) is 55.3 Å². The number of benzene rings is 1. The molecule has 2 aliphatic rings. The predicted molar refractivity (Wildman–Crippen MR) is 107 cm³/mol. The van der Waals surface area contributed by atoms with E-state index in [0.29, 0.717) is 18.8 Å². The molecule has 1 atom stereocenters. The Kier molecular flexibility index (Phi) is 7.09. The number of rotatable bonds is 9. The van der Waals surface area contributed by atoms with Crippen LogP contribution in [-0.2, 0) is 14.8 Å². The first-order valence-electron chi connectivity index (χ1n) is 9.86. The number of carbonyl (C=O) groups is 1. The highest BCUT2D eigenvalue weighted by atomic mass is 32.2. The molecule has 28 heavy (non-hydrogen) atoms. The lowest BCUT2D eigenvalue weighted by Crippen LogP contribution is -2.32. The second-order valence-electron chi connectivity index (χ2n) is 7.28. The summed E-state index contributed by atoms with van der Waals surface area (Å²) in [5, 5.41) is 12.7. The van der Waals surface area contributed by atoms with E-state index >= 15 is 0 Å². The minimum atomic E-state index is -3.79. The van der Waals surface area contributed by atoms with Crippen LogP contribution in [0.4, 0.5) is 5.69 Å². The first-order valence-corrected chi connectivity index (χ1v) is 11.3. The minimum absolute atomic E-state index is 0.0439. The number of sulfonamides is 1. The van der Waals surface area contributed by atoms with E-state index < -0.39 is 16.0 Å². The molecule has 0 saturated carbocycles. The highest BCUT2D eigenvalue weighted by molar-refractivity contribution is 7.89. The number of ether oxygens (including phenoxy) is 1. The number of nitrogens with one attached hydrogen (secondary N) is 2. The van der Waals surface area contributed by atoms with E-state index in [1.165, 1.54) is 36.6 Å². The maximum Gasteiger partial charge on any atom is 0.337 e. The number of aromatic carboxylic acids is 1. The first-order chi connectivity index (χ1) is 13.5. The molecule has 1 heterocycles. The van der Waals surface area contributed by atoms with E-state index in [4.69, 9.17) is 4.74 Å². The van der Waals surface area contributed by atoms with Gasteiger partial charge in [0.1, 0.15) is 0 Å². The summed E-state index contributed by atoms with van der Waals surface area (Å²) in [4.78, 5) is 11.6. The van der Waals surface area contributed by atoms with Crippen molar-refractivity contribution in [2.45, 2.75) is 55.9 Å². The van der Waals surface area contributed by atoms with Crippen molar-refractivity contribution >= 4 is 21.7 Å². The zero-order valence-electron chi connectivity index (χ0n) is 15.9. The minimum Gasteiger partial charge on any atom is -0.478 e. The first kappa shape index (κ1) is 20.8. The molecule has 0 amide bonds. The van der Waals surface area contributed by atoms with Crippen LogP contribution in [0.15, 0.2) is 34.7 Å². The maximum absolute atomic E-state index is 12.5. The lowest BCUT2D eigenvalue weighted by molar-refractivity contribution is 0.0697. The fourth-order valence-electron chi connectivity index (χ4n) is 3.60. The molecule has 1 saturated heterocycles. The van der Waals surface area contributed by atoms with E-state index in [9.17, 15) is 18.3 Å². The third kappa shape index (κ3) is 5.56. The van der Waals surface area contributed by atoms with Gasteiger partial charge in [-0.1, -0.05) is 11.6 Å². The lowest BCUT2D eigenvalue weighted by Gasteiger charge is -2.15. The number of carboxylic acid groups (broad SMARTS) is 1. The van der Waals surface area contributed by atoms with Crippen molar-refractivity contribution in [3.63, 3.8) is 0 Å². The Hall–Kier alpha value is -1.90. The highest BCUT2D eigenvalue weighted by Gasteiger charge is 2.22. The molecule has 1 aliphatic heterocycles. The van der Waals surface area contributed by atoms with E-state index in [0.717, 1.165) is 32.1 Å². The molecule has 3 N–H and O–H groups in total. The van der Waals surface area contributed by atoms with Gasteiger partial charge in [-0.15, -0.1) is 0 Å². The number of allylic oxidation sites excluding steroid dienone is 1. The lowest BCUT2D eigenvalue weighted by atomic mass is 9.97. The Morgan fingerprint density at radius 3 is 2.79 bits per heavy atom. The summed E-state index contributed by atoms with van der Waals surface area (Å²) in [6.45, 7) is 1.46. The Labute approximate surface area is 166 Å². The van der Waals surface area contributed by atoms with E-state index in [1.54, 1.807) is 0 Å². The van der Waals surface area contributed by atoms with Crippen LogP contribution in [0.2, 0.25) is 0 Å². The molecule has 0 bridgehead atoms. The van der Waals surface area contributed by atoms with Crippen LogP contribution < -0.4 is 10.0 Å². The molecule has 0 spiro atoms. The van der Waals surface area contributed by atoms with Crippen molar-refractivity contribution in [1.29, 1.82) is 0 Å². The Morgan fingerprint density at radius 1 is 1.25 bits per heavy atom.